The third-order valence-electron chi connectivity index (χ3n) is 3.75. The van der Waals surface area contributed by atoms with Crippen LogP contribution in [0.15, 0.2) is 36.4 Å². The summed E-state index contributed by atoms with van der Waals surface area (Å²) < 4.78 is 1.32. The molecule has 2 aliphatic carbocycles. The summed E-state index contributed by atoms with van der Waals surface area (Å²) in [6, 6.07) is 9.09. The van der Waals surface area contributed by atoms with Crippen molar-refractivity contribution in [3.8, 4) is 0 Å². The Labute approximate surface area is 114 Å². The molecule has 2 aliphatic rings. The van der Waals surface area contributed by atoms with Crippen molar-refractivity contribution in [2.45, 2.75) is 12.3 Å². The summed E-state index contributed by atoms with van der Waals surface area (Å²) in [5.74, 6) is 0.589. The fourth-order valence-corrected chi connectivity index (χ4v) is 3.71. The predicted molar refractivity (Wildman–Crippen MR) is 82.1 cm³/mol. The smallest absolute Gasteiger partial charge is 0.0142 e. The lowest BCUT2D eigenvalue weighted by molar-refractivity contribution is 0.861. The first-order valence-electron chi connectivity index (χ1n) is 5.94. The van der Waals surface area contributed by atoms with Gasteiger partial charge in [-0.2, -0.15) is 0 Å². The standard InChI is InChI=1S/C16H11I/c17-14-8-12-6-4-10-2-1-3-11-5-7-13(9-14)16(12)15(10)11/h1-2,4-9,11H,3H2. The fraction of sp³-hybridized carbons (Fsp3) is 0.125. The van der Waals surface area contributed by atoms with Crippen LogP contribution in [0.4, 0.5) is 0 Å². The van der Waals surface area contributed by atoms with Gasteiger partial charge < -0.3 is 0 Å². The van der Waals surface area contributed by atoms with Crippen LogP contribution >= 0.6 is 22.6 Å². The molecule has 0 fully saturated rings. The van der Waals surface area contributed by atoms with Crippen molar-refractivity contribution < 1.29 is 0 Å². The number of allylic oxidation sites excluding steroid dienone is 2. The van der Waals surface area contributed by atoms with E-state index in [1.807, 2.05) is 0 Å². The molecule has 1 atom stereocenters. The average molecular weight is 330 g/mol. The molecule has 0 nitrogen and oxygen atoms in total. The van der Waals surface area contributed by atoms with Gasteiger partial charge >= 0.3 is 0 Å². The minimum absolute atomic E-state index is 0.589. The van der Waals surface area contributed by atoms with Crippen molar-refractivity contribution in [3.63, 3.8) is 0 Å². The van der Waals surface area contributed by atoms with Crippen molar-refractivity contribution in [2.75, 3.05) is 0 Å². The third kappa shape index (κ3) is 1.35. The van der Waals surface area contributed by atoms with E-state index < -0.39 is 0 Å². The summed E-state index contributed by atoms with van der Waals surface area (Å²) in [4.78, 5) is 0. The Morgan fingerprint density at radius 1 is 1.06 bits per heavy atom. The summed E-state index contributed by atoms with van der Waals surface area (Å²) >= 11 is 2.40. The normalized spacial score (nSPS) is 19.9. The van der Waals surface area contributed by atoms with Gasteiger partial charge in [0.1, 0.15) is 0 Å². The Kier molecular flexibility index (Phi) is 2.01. The van der Waals surface area contributed by atoms with E-state index in [9.17, 15) is 0 Å². The van der Waals surface area contributed by atoms with E-state index in [0.29, 0.717) is 5.92 Å². The highest BCUT2D eigenvalue weighted by Crippen LogP contribution is 2.42. The predicted octanol–water partition coefficient (Wildman–Crippen LogP) is 4.97. The molecule has 0 spiro atoms. The van der Waals surface area contributed by atoms with Gasteiger partial charge in [-0.15, -0.1) is 0 Å². The molecule has 0 aliphatic heterocycles. The molecular formula is C16H11I. The van der Waals surface area contributed by atoms with E-state index in [1.54, 1.807) is 5.56 Å². The first kappa shape index (κ1) is 9.89. The van der Waals surface area contributed by atoms with Crippen LogP contribution in [-0.4, -0.2) is 0 Å². The highest BCUT2D eigenvalue weighted by atomic mass is 127. The van der Waals surface area contributed by atoms with Gasteiger partial charge in [-0.05, 0) is 68.6 Å². The lowest BCUT2D eigenvalue weighted by Gasteiger charge is -2.25. The molecule has 4 rings (SSSR count). The van der Waals surface area contributed by atoms with Crippen LogP contribution < -0.4 is 0 Å². The highest BCUT2D eigenvalue weighted by molar-refractivity contribution is 14.1. The highest BCUT2D eigenvalue weighted by Gasteiger charge is 2.21. The molecule has 1 unspecified atom stereocenters. The van der Waals surface area contributed by atoms with Crippen molar-refractivity contribution in [1.82, 2.24) is 0 Å². The Morgan fingerprint density at radius 2 is 2.00 bits per heavy atom. The van der Waals surface area contributed by atoms with Crippen molar-refractivity contribution in [1.29, 1.82) is 0 Å². The van der Waals surface area contributed by atoms with Crippen LogP contribution in [0.5, 0.6) is 0 Å². The number of halogens is 1. The van der Waals surface area contributed by atoms with Crippen molar-refractivity contribution in [3.05, 3.63) is 56.7 Å². The van der Waals surface area contributed by atoms with Gasteiger partial charge in [-0.1, -0.05) is 36.4 Å². The van der Waals surface area contributed by atoms with E-state index >= 15 is 0 Å². The second-order valence-electron chi connectivity index (χ2n) is 4.77. The summed E-state index contributed by atoms with van der Waals surface area (Å²) in [5, 5.41) is 2.86. The molecule has 0 amide bonds. The Balaban J connectivity index is 2.23. The van der Waals surface area contributed by atoms with Crippen LogP contribution in [0.1, 0.15) is 29.0 Å². The summed E-state index contributed by atoms with van der Waals surface area (Å²) in [7, 11) is 0. The Hall–Kier alpha value is -1.09. The lowest BCUT2D eigenvalue weighted by Crippen LogP contribution is -2.06. The molecule has 0 radical (unpaired) electrons. The molecular weight excluding hydrogens is 319 g/mol. The molecule has 0 heterocycles. The maximum Gasteiger partial charge on any atom is 0.0142 e. The summed E-state index contributed by atoms with van der Waals surface area (Å²) in [6.07, 6.45) is 10.4. The molecule has 17 heavy (non-hydrogen) atoms. The van der Waals surface area contributed by atoms with Gasteiger partial charge in [0, 0.05) is 9.49 Å². The first-order valence-corrected chi connectivity index (χ1v) is 7.02. The van der Waals surface area contributed by atoms with E-state index in [2.05, 4.69) is 71.2 Å². The lowest BCUT2D eigenvalue weighted by atomic mass is 9.79. The average Bonchev–Trinajstić information content (AvgIpc) is 2.35. The molecule has 0 bridgehead atoms. The minimum Gasteiger partial charge on any atom is -0.0830 e. The molecule has 1 heteroatoms. The van der Waals surface area contributed by atoms with Gasteiger partial charge in [-0.25, -0.2) is 0 Å². The minimum atomic E-state index is 0.589. The van der Waals surface area contributed by atoms with Gasteiger partial charge in [0.25, 0.3) is 0 Å². The molecule has 0 saturated carbocycles. The Morgan fingerprint density at radius 3 is 2.94 bits per heavy atom. The maximum absolute atomic E-state index is 2.40. The van der Waals surface area contributed by atoms with Crippen LogP contribution in [0.2, 0.25) is 0 Å². The molecule has 82 valence electrons. The topological polar surface area (TPSA) is 0 Å². The van der Waals surface area contributed by atoms with E-state index in [-0.39, 0.29) is 0 Å². The van der Waals surface area contributed by atoms with Crippen LogP contribution in [0.3, 0.4) is 0 Å². The van der Waals surface area contributed by atoms with Gasteiger partial charge in [-0.3, -0.25) is 0 Å². The summed E-state index contributed by atoms with van der Waals surface area (Å²) in [5.41, 5.74) is 4.33. The quantitative estimate of drug-likeness (QED) is 0.598. The second kappa shape index (κ2) is 3.45. The van der Waals surface area contributed by atoms with Crippen LogP contribution in [0.25, 0.3) is 22.9 Å². The molecule has 0 aromatic heterocycles. The largest absolute Gasteiger partial charge is 0.0830 e. The Bertz CT molecular complexity index is 692. The van der Waals surface area contributed by atoms with Crippen LogP contribution in [-0.2, 0) is 0 Å². The number of hydrogen-bond acceptors (Lipinski definition) is 0. The SMILES string of the molecule is Ic1cc2c3c4c(ccc3c1)C=CCC4C=C2. The monoisotopic (exact) mass is 330 g/mol. The fourth-order valence-electron chi connectivity index (χ4n) is 3.04. The van der Waals surface area contributed by atoms with E-state index in [4.69, 9.17) is 0 Å². The third-order valence-corrected chi connectivity index (χ3v) is 4.38. The second-order valence-corrected chi connectivity index (χ2v) is 6.01. The van der Waals surface area contributed by atoms with Gasteiger partial charge in [0.15, 0.2) is 0 Å². The maximum atomic E-state index is 2.40. The van der Waals surface area contributed by atoms with E-state index in [0.717, 1.165) is 6.42 Å². The molecule has 2 aromatic carbocycles. The zero-order valence-corrected chi connectivity index (χ0v) is 11.4. The first-order chi connectivity index (χ1) is 8.33. The molecule has 2 aromatic rings. The van der Waals surface area contributed by atoms with Crippen LogP contribution in [0, 0.1) is 3.57 Å². The number of rotatable bonds is 0. The zero-order valence-electron chi connectivity index (χ0n) is 9.28. The van der Waals surface area contributed by atoms with Crippen molar-refractivity contribution >= 4 is 45.5 Å². The number of hydrogen-bond donors (Lipinski definition) is 0. The molecule has 0 N–H and O–H groups in total. The van der Waals surface area contributed by atoms with Crippen molar-refractivity contribution in [2.24, 2.45) is 0 Å². The molecule has 0 saturated heterocycles. The van der Waals surface area contributed by atoms with Gasteiger partial charge in [0.05, 0.1) is 0 Å². The van der Waals surface area contributed by atoms with Gasteiger partial charge in [0.2, 0.25) is 0 Å². The van der Waals surface area contributed by atoms with E-state index in [1.165, 1.54) is 25.5 Å². The summed E-state index contributed by atoms with van der Waals surface area (Å²) in [6.45, 7) is 0. The zero-order chi connectivity index (χ0) is 11.4. The number of benzene rings is 2.